The van der Waals surface area contributed by atoms with E-state index >= 15 is 0 Å². The van der Waals surface area contributed by atoms with Crippen LogP contribution in [0.15, 0.2) is 22.8 Å². The summed E-state index contributed by atoms with van der Waals surface area (Å²) in [5.74, 6) is 0. The maximum absolute atomic E-state index is 12.1. The predicted molar refractivity (Wildman–Crippen MR) is 94.5 cm³/mol. The molecule has 5 nitrogen and oxygen atoms in total. The molecule has 2 aliphatic rings. The molecule has 1 saturated heterocycles. The number of ether oxygens (including phenoxy) is 1. The van der Waals surface area contributed by atoms with Gasteiger partial charge in [-0.2, -0.15) is 0 Å². The Labute approximate surface area is 151 Å². The van der Waals surface area contributed by atoms with Crippen LogP contribution in [0.1, 0.15) is 52.1 Å². The number of carbonyl (C=O) groups excluding carboxylic acids is 1. The number of nitrogens with zero attached hydrogens (tertiary/aromatic N) is 2. The maximum Gasteiger partial charge on any atom is 0.410 e. The molecule has 132 valence electrons. The van der Waals surface area contributed by atoms with E-state index in [9.17, 15) is 9.90 Å². The zero-order chi connectivity index (χ0) is 17.6. The number of pyridine rings is 1. The summed E-state index contributed by atoms with van der Waals surface area (Å²) in [4.78, 5) is 18.2. The number of aliphatic hydroxyl groups is 1. The van der Waals surface area contributed by atoms with E-state index in [1.54, 1.807) is 11.1 Å². The molecule has 2 heterocycles. The van der Waals surface area contributed by atoms with E-state index in [2.05, 4.69) is 20.9 Å². The molecule has 6 heteroatoms. The molecule has 1 saturated carbocycles. The van der Waals surface area contributed by atoms with Crippen molar-refractivity contribution in [3.05, 3.63) is 28.5 Å². The van der Waals surface area contributed by atoms with Crippen molar-refractivity contribution in [2.24, 2.45) is 5.41 Å². The summed E-state index contributed by atoms with van der Waals surface area (Å²) in [6, 6.07) is 3.80. The van der Waals surface area contributed by atoms with Crippen LogP contribution in [0.5, 0.6) is 0 Å². The smallest absolute Gasteiger partial charge is 0.410 e. The molecule has 0 radical (unpaired) electrons. The third kappa shape index (κ3) is 3.59. The Morgan fingerprint density at radius 3 is 2.38 bits per heavy atom. The average molecular weight is 397 g/mol. The fourth-order valence-corrected chi connectivity index (χ4v) is 3.87. The lowest BCUT2D eigenvalue weighted by Crippen LogP contribution is -2.61. The minimum atomic E-state index is -0.849. The van der Waals surface area contributed by atoms with Gasteiger partial charge < -0.3 is 14.7 Å². The molecular weight excluding hydrogens is 372 g/mol. The topological polar surface area (TPSA) is 62.7 Å². The van der Waals surface area contributed by atoms with E-state index in [1.165, 1.54) is 0 Å². The first-order chi connectivity index (χ1) is 11.1. The van der Waals surface area contributed by atoms with Gasteiger partial charge in [-0.05, 0) is 74.5 Å². The van der Waals surface area contributed by atoms with E-state index in [0.717, 1.165) is 36.1 Å². The summed E-state index contributed by atoms with van der Waals surface area (Å²) in [6.45, 7) is 7.10. The van der Waals surface area contributed by atoms with Crippen LogP contribution in [0.3, 0.4) is 0 Å². The quantitative estimate of drug-likeness (QED) is 0.782. The van der Waals surface area contributed by atoms with Gasteiger partial charge in [0.2, 0.25) is 0 Å². The van der Waals surface area contributed by atoms with Crippen molar-refractivity contribution in [1.82, 2.24) is 9.88 Å². The fourth-order valence-electron chi connectivity index (χ4n) is 3.64. The third-order valence-corrected chi connectivity index (χ3v) is 5.52. The largest absolute Gasteiger partial charge is 0.444 e. The summed E-state index contributed by atoms with van der Waals surface area (Å²) in [7, 11) is 0. The molecule has 1 aromatic heterocycles. The van der Waals surface area contributed by atoms with Crippen molar-refractivity contribution >= 4 is 22.0 Å². The van der Waals surface area contributed by atoms with Gasteiger partial charge in [-0.25, -0.2) is 4.79 Å². The molecule has 0 bridgehead atoms. The first kappa shape index (κ1) is 17.7. The first-order valence-electron chi connectivity index (χ1n) is 8.43. The van der Waals surface area contributed by atoms with E-state index in [0.29, 0.717) is 12.8 Å². The van der Waals surface area contributed by atoms with Crippen molar-refractivity contribution in [3.8, 4) is 0 Å². The normalized spacial score (nSPS) is 22.1. The minimum Gasteiger partial charge on any atom is -0.444 e. The SMILES string of the molecule is CC(C)(C)OC(=O)N1CC2(CCC(O)(c3ccc(Br)cn3)CC2)C1. The first-order valence-corrected chi connectivity index (χ1v) is 9.23. The lowest BCUT2D eigenvalue weighted by molar-refractivity contribution is -0.0978. The number of carbonyl (C=O) groups is 1. The van der Waals surface area contributed by atoms with Gasteiger partial charge in [0.25, 0.3) is 0 Å². The number of amides is 1. The van der Waals surface area contributed by atoms with Crippen molar-refractivity contribution in [3.63, 3.8) is 0 Å². The third-order valence-electron chi connectivity index (χ3n) is 5.05. The average Bonchev–Trinajstić information content (AvgIpc) is 2.44. The van der Waals surface area contributed by atoms with Crippen molar-refractivity contribution in [1.29, 1.82) is 0 Å². The number of hydrogen-bond acceptors (Lipinski definition) is 4. The van der Waals surface area contributed by atoms with Gasteiger partial charge in [-0.15, -0.1) is 0 Å². The van der Waals surface area contributed by atoms with Gasteiger partial charge in [0.1, 0.15) is 11.2 Å². The highest BCUT2D eigenvalue weighted by Crippen LogP contribution is 2.49. The number of halogens is 1. The molecule has 24 heavy (non-hydrogen) atoms. The lowest BCUT2D eigenvalue weighted by Gasteiger charge is -2.54. The second kappa shape index (κ2) is 5.99. The van der Waals surface area contributed by atoms with Gasteiger partial charge in [-0.1, -0.05) is 0 Å². The summed E-state index contributed by atoms with van der Waals surface area (Å²) in [5, 5.41) is 10.9. The van der Waals surface area contributed by atoms with Crippen LogP contribution in [-0.4, -0.2) is 39.8 Å². The zero-order valence-corrected chi connectivity index (χ0v) is 16.1. The van der Waals surface area contributed by atoms with Crippen molar-refractivity contribution in [2.75, 3.05) is 13.1 Å². The number of likely N-dealkylation sites (tertiary alicyclic amines) is 1. The molecular formula is C18H25BrN2O3. The van der Waals surface area contributed by atoms with E-state index < -0.39 is 11.2 Å². The van der Waals surface area contributed by atoms with Gasteiger partial charge in [-0.3, -0.25) is 4.98 Å². The van der Waals surface area contributed by atoms with E-state index in [-0.39, 0.29) is 11.5 Å². The summed E-state index contributed by atoms with van der Waals surface area (Å²) >= 11 is 3.37. The molecule has 1 amide bonds. The Hall–Kier alpha value is -1.14. The highest BCUT2D eigenvalue weighted by Gasteiger charge is 2.51. The highest BCUT2D eigenvalue weighted by atomic mass is 79.9. The van der Waals surface area contributed by atoms with Gasteiger partial charge in [0, 0.05) is 29.2 Å². The Balaban J connectivity index is 1.57. The fraction of sp³-hybridized carbons (Fsp3) is 0.667. The van der Waals surface area contributed by atoms with Crippen LogP contribution in [0.4, 0.5) is 4.79 Å². The molecule has 1 aliphatic carbocycles. The van der Waals surface area contributed by atoms with Gasteiger partial charge >= 0.3 is 6.09 Å². The van der Waals surface area contributed by atoms with Crippen molar-refractivity contribution in [2.45, 2.75) is 57.7 Å². The number of rotatable bonds is 1. The summed E-state index contributed by atoms with van der Waals surface area (Å²) < 4.78 is 6.33. The maximum atomic E-state index is 12.1. The Kier molecular flexibility index (Phi) is 4.41. The Morgan fingerprint density at radius 1 is 1.25 bits per heavy atom. The van der Waals surface area contributed by atoms with Crippen LogP contribution in [0.25, 0.3) is 0 Å². The minimum absolute atomic E-state index is 0.137. The van der Waals surface area contributed by atoms with Crippen LogP contribution >= 0.6 is 15.9 Å². The molecule has 1 aromatic rings. The molecule has 1 spiro atoms. The Morgan fingerprint density at radius 2 is 1.88 bits per heavy atom. The van der Waals surface area contributed by atoms with E-state index in [4.69, 9.17) is 4.74 Å². The van der Waals surface area contributed by atoms with Crippen LogP contribution in [0, 0.1) is 5.41 Å². The van der Waals surface area contributed by atoms with Crippen LogP contribution < -0.4 is 0 Å². The molecule has 0 aromatic carbocycles. The molecule has 2 fully saturated rings. The van der Waals surface area contributed by atoms with Gasteiger partial charge in [0.05, 0.1) is 5.69 Å². The van der Waals surface area contributed by atoms with Crippen molar-refractivity contribution < 1.29 is 14.6 Å². The van der Waals surface area contributed by atoms with Crippen LogP contribution in [0.2, 0.25) is 0 Å². The second-order valence-corrected chi connectivity index (χ2v) is 9.15. The van der Waals surface area contributed by atoms with E-state index in [1.807, 2.05) is 32.9 Å². The zero-order valence-electron chi connectivity index (χ0n) is 14.5. The lowest BCUT2D eigenvalue weighted by atomic mass is 9.64. The molecule has 1 N–H and O–H groups in total. The van der Waals surface area contributed by atoms with Gasteiger partial charge in [0.15, 0.2) is 0 Å². The summed E-state index contributed by atoms with van der Waals surface area (Å²) in [5.41, 5.74) is -0.430. The second-order valence-electron chi connectivity index (χ2n) is 8.23. The number of hydrogen-bond donors (Lipinski definition) is 1. The summed E-state index contributed by atoms with van der Waals surface area (Å²) in [6.07, 6.45) is 4.67. The molecule has 1 aliphatic heterocycles. The standard InChI is InChI=1S/C18H25BrN2O3/c1-16(2,3)24-15(22)21-11-17(12-21)6-8-18(23,9-7-17)14-5-4-13(19)10-20-14/h4-5,10,23H,6-9,11-12H2,1-3H3. The highest BCUT2D eigenvalue weighted by molar-refractivity contribution is 9.10. The monoisotopic (exact) mass is 396 g/mol. The molecule has 0 unspecified atom stereocenters. The van der Waals surface area contributed by atoms with Crippen LogP contribution in [-0.2, 0) is 10.3 Å². The predicted octanol–water partition coefficient (Wildman–Crippen LogP) is 3.84. The number of aromatic nitrogens is 1. The molecule has 3 rings (SSSR count). The molecule has 0 atom stereocenters. The Bertz CT molecular complexity index is 608.